The Morgan fingerprint density at radius 3 is 1.98 bits per heavy atom. The van der Waals surface area contributed by atoms with E-state index in [9.17, 15) is 41.8 Å². The monoisotopic (exact) mass is 749 g/mol. The molecule has 3 N–H and O–H groups in total. The second kappa shape index (κ2) is 16.3. The number of carboxylic acids is 1. The highest BCUT2D eigenvalue weighted by molar-refractivity contribution is 7.99. The third kappa shape index (κ3) is 8.28. The molecular weight excluding hydrogens is 717 g/mol. The summed E-state index contributed by atoms with van der Waals surface area (Å²) in [5.41, 5.74) is 3.07. The molecule has 5 aromatic carbocycles. The summed E-state index contributed by atoms with van der Waals surface area (Å²) in [6, 6.07) is 28.4. The van der Waals surface area contributed by atoms with Gasteiger partial charge in [-0.2, -0.15) is 0 Å². The Kier molecular flexibility index (Phi) is 11.6. The van der Waals surface area contributed by atoms with Crippen molar-refractivity contribution in [3.8, 4) is 11.1 Å². The number of amides is 1. The van der Waals surface area contributed by atoms with E-state index in [1.54, 1.807) is 54.2 Å². The van der Waals surface area contributed by atoms with Crippen LogP contribution in [0, 0.1) is 35.0 Å². The molecule has 5 aromatic rings. The van der Waals surface area contributed by atoms with Crippen LogP contribution in [0.4, 0.5) is 22.0 Å². The number of nitrogens with one attached hydrogen (secondary N) is 1. The van der Waals surface area contributed by atoms with E-state index in [1.165, 1.54) is 0 Å². The number of aromatic carboxylic acids is 1. The van der Waals surface area contributed by atoms with E-state index in [-0.39, 0.29) is 36.8 Å². The summed E-state index contributed by atoms with van der Waals surface area (Å²) in [4.78, 5) is 24.6. The summed E-state index contributed by atoms with van der Waals surface area (Å²) >= 11 is 1.54. The fraction of sp³-hybridized carbons (Fsp3) is 0.200. The van der Waals surface area contributed by atoms with E-state index in [1.807, 2.05) is 61.5 Å². The quantitative estimate of drug-likeness (QED) is 0.0537. The number of thioether (sulfide) groups is 1. The molecule has 1 aliphatic rings. The minimum atomic E-state index is -2.35. The number of hydrogen-bond donors (Lipinski definition) is 3. The number of rotatable bonds is 11. The van der Waals surface area contributed by atoms with Gasteiger partial charge in [0.1, 0.15) is 5.56 Å². The number of carbonyl (C=O) groups excluding carboxylic acids is 1. The Morgan fingerprint density at radius 1 is 0.736 bits per heavy atom. The lowest BCUT2D eigenvalue weighted by atomic mass is 9.91. The average Bonchev–Trinajstić information content (AvgIpc) is 3.18. The Morgan fingerprint density at radius 2 is 1.36 bits per heavy atom. The highest BCUT2D eigenvalue weighted by atomic mass is 32.2. The van der Waals surface area contributed by atoms with Crippen molar-refractivity contribution in [3.63, 3.8) is 0 Å². The summed E-state index contributed by atoms with van der Waals surface area (Å²) < 4.78 is 82.0. The molecule has 0 bridgehead atoms. The highest BCUT2D eigenvalue weighted by Crippen LogP contribution is 2.43. The van der Waals surface area contributed by atoms with Gasteiger partial charge in [0.05, 0.1) is 24.4 Å². The second-order valence-electron chi connectivity index (χ2n) is 12.4. The number of hydrogen-bond acceptors (Lipinski definition) is 6. The second-order valence-corrected chi connectivity index (χ2v) is 13.5. The lowest BCUT2D eigenvalue weighted by Crippen LogP contribution is -2.38. The van der Waals surface area contributed by atoms with Gasteiger partial charge in [-0.1, -0.05) is 73.7 Å². The van der Waals surface area contributed by atoms with Crippen LogP contribution in [0.15, 0.2) is 102 Å². The molecule has 0 radical (unpaired) electrons. The number of ether oxygens (including phenoxy) is 2. The topological polar surface area (TPSA) is 105 Å². The molecule has 4 atom stereocenters. The number of carboxylic acid groups (broad SMARTS) is 1. The summed E-state index contributed by atoms with van der Waals surface area (Å²) in [6.07, 6.45) is -1.36. The van der Waals surface area contributed by atoms with Gasteiger partial charge in [-0.25, -0.2) is 26.7 Å². The van der Waals surface area contributed by atoms with Gasteiger partial charge in [-0.15, -0.1) is 11.8 Å². The first kappa shape index (κ1) is 37.7. The maximum atomic E-state index is 14.1. The Balaban J connectivity index is 1.18. The Hall–Kier alpha value is -5.08. The molecule has 1 aliphatic heterocycles. The van der Waals surface area contributed by atoms with Gasteiger partial charge in [0.25, 0.3) is 5.91 Å². The van der Waals surface area contributed by atoms with Gasteiger partial charge in [0.2, 0.25) is 5.82 Å². The Labute approximate surface area is 305 Å². The normalized spacial score (nSPS) is 18.5. The van der Waals surface area contributed by atoms with Crippen LogP contribution in [0.1, 0.15) is 62.3 Å². The number of aliphatic hydroxyl groups excluding tert-OH is 1. The zero-order valence-electron chi connectivity index (χ0n) is 28.0. The molecule has 53 heavy (non-hydrogen) atoms. The zero-order valence-corrected chi connectivity index (χ0v) is 28.8. The smallest absolute Gasteiger partial charge is 0.335 e. The van der Waals surface area contributed by atoms with Crippen molar-refractivity contribution in [2.45, 2.75) is 43.5 Å². The zero-order chi connectivity index (χ0) is 37.8. The van der Waals surface area contributed by atoms with E-state index >= 15 is 0 Å². The van der Waals surface area contributed by atoms with Crippen molar-refractivity contribution >= 4 is 23.6 Å². The molecule has 0 spiro atoms. The molecule has 1 saturated heterocycles. The summed E-state index contributed by atoms with van der Waals surface area (Å²) in [7, 11) is 0. The molecule has 274 valence electrons. The SMILES string of the molecule is CC1C(CSc2ccc(C(=O)O)cc2)OC(c2ccc(-c3cccc(CNC(=O)c4c(F)c(F)c(F)c(F)c4F)c3)cc2)OC1c1ccc(CO)cc1. The molecule has 1 heterocycles. The van der Waals surface area contributed by atoms with E-state index < -0.39 is 52.8 Å². The standard InChI is InChI=1S/C40H32F5NO6S/c1-21-30(20-53-29-15-13-26(14-16-29)39(49)50)51-40(52-37(21)25-7-5-22(19-47)6-8-25)27-11-9-24(10-12-27)28-4-2-3-23(17-28)18-46-38(48)31-32(41)34(43)36(45)35(44)33(31)42/h2-17,21,30,37,40,47H,18-20H2,1H3,(H,46,48)(H,49,50). The van der Waals surface area contributed by atoms with Crippen LogP contribution in [0.2, 0.25) is 0 Å². The lowest BCUT2D eigenvalue weighted by molar-refractivity contribution is -0.268. The van der Waals surface area contributed by atoms with Crippen LogP contribution in [-0.2, 0) is 22.6 Å². The minimum Gasteiger partial charge on any atom is -0.478 e. The molecule has 7 nitrogen and oxygen atoms in total. The molecule has 0 aromatic heterocycles. The third-order valence-corrected chi connectivity index (χ3v) is 10.1. The molecule has 6 rings (SSSR count). The van der Waals surface area contributed by atoms with E-state index in [4.69, 9.17) is 9.47 Å². The fourth-order valence-corrected chi connectivity index (χ4v) is 7.02. The van der Waals surface area contributed by atoms with Crippen LogP contribution < -0.4 is 5.32 Å². The van der Waals surface area contributed by atoms with Crippen LogP contribution in [0.3, 0.4) is 0 Å². The van der Waals surface area contributed by atoms with Gasteiger partial charge < -0.3 is 25.0 Å². The minimum absolute atomic E-state index is 0.0754. The first-order chi connectivity index (χ1) is 25.4. The largest absolute Gasteiger partial charge is 0.478 e. The van der Waals surface area contributed by atoms with Crippen molar-refractivity contribution < 1.29 is 51.2 Å². The van der Waals surface area contributed by atoms with Gasteiger partial charge in [0, 0.05) is 28.7 Å². The molecule has 4 unspecified atom stereocenters. The molecule has 0 aliphatic carbocycles. The highest BCUT2D eigenvalue weighted by Gasteiger charge is 2.38. The van der Waals surface area contributed by atoms with Crippen molar-refractivity contribution in [2.75, 3.05) is 5.75 Å². The third-order valence-electron chi connectivity index (χ3n) is 8.97. The number of carbonyl (C=O) groups is 2. The van der Waals surface area contributed by atoms with Crippen LogP contribution in [-0.4, -0.2) is 33.9 Å². The molecule has 1 fully saturated rings. The predicted molar refractivity (Wildman–Crippen MR) is 186 cm³/mol. The van der Waals surface area contributed by atoms with Gasteiger partial charge in [-0.3, -0.25) is 4.79 Å². The molecule has 13 heteroatoms. The van der Waals surface area contributed by atoms with Crippen molar-refractivity contribution in [1.29, 1.82) is 0 Å². The maximum absolute atomic E-state index is 14.1. The van der Waals surface area contributed by atoms with Crippen molar-refractivity contribution in [3.05, 3.63) is 160 Å². The van der Waals surface area contributed by atoms with Crippen LogP contribution in [0.5, 0.6) is 0 Å². The van der Waals surface area contributed by atoms with E-state index in [0.29, 0.717) is 11.3 Å². The summed E-state index contributed by atoms with van der Waals surface area (Å²) in [6.45, 7) is 1.70. The lowest BCUT2D eigenvalue weighted by Gasteiger charge is -2.41. The van der Waals surface area contributed by atoms with Crippen LogP contribution >= 0.6 is 11.8 Å². The molecular formula is C40H32F5NO6S. The molecule has 1 amide bonds. The molecule has 0 saturated carbocycles. The fourth-order valence-electron chi connectivity index (χ4n) is 5.95. The predicted octanol–water partition coefficient (Wildman–Crippen LogP) is 8.75. The van der Waals surface area contributed by atoms with Gasteiger partial charge in [-0.05, 0) is 58.1 Å². The first-order valence-electron chi connectivity index (χ1n) is 16.4. The number of halogens is 5. The van der Waals surface area contributed by atoms with Gasteiger partial charge >= 0.3 is 5.97 Å². The summed E-state index contributed by atoms with van der Waals surface area (Å²) in [5, 5.41) is 21.0. The first-order valence-corrected chi connectivity index (χ1v) is 17.4. The maximum Gasteiger partial charge on any atom is 0.335 e. The number of aliphatic hydroxyl groups is 1. The van der Waals surface area contributed by atoms with E-state index in [0.717, 1.165) is 32.7 Å². The van der Waals surface area contributed by atoms with Crippen molar-refractivity contribution in [2.24, 2.45) is 5.92 Å². The van der Waals surface area contributed by atoms with Gasteiger partial charge in [0.15, 0.2) is 29.6 Å². The van der Waals surface area contributed by atoms with Crippen molar-refractivity contribution in [1.82, 2.24) is 5.32 Å². The summed E-state index contributed by atoms with van der Waals surface area (Å²) in [5.74, 6) is -13.1. The Bertz CT molecular complexity index is 2090. The van der Waals surface area contributed by atoms with E-state index in [2.05, 4.69) is 5.32 Å². The van der Waals surface area contributed by atoms with Crippen LogP contribution in [0.25, 0.3) is 11.1 Å². The average molecular weight is 750 g/mol. The number of benzene rings is 5.